The van der Waals surface area contributed by atoms with Crippen molar-refractivity contribution in [3.8, 4) is 6.07 Å². The van der Waals surface area contributed by atoms with Gasteiger partial charge in [0.25, 0.3) is 0 Å². The molecule has 1 fully saturated rings. The van der Waals surface area contributed by atoms with E-state index in [1.807, 2.05) is 6.07 Å². The molecule has 0 radical (unpaired) electrons. The molecular weight excluding hydrogens is 216 g/mol. The van der Waals surface area contributed by atoms with Gasteiger partial charge in [0.2, 0.25) is 5.91 Å². The highest BCUT2D eigenvalue weighted by Crippen LogP contribution is 2.30. The third kappa shape index (κ3) is 2.08. The normalized spacial score (nSPS) is 19.4. The molecule has 0 bridgehead atoms. The van der Waals surface area contributed by atoms with Gasteiger partial charge in [-0.25, -0.2) is 0 Å². The van der Waals surface area contributed by atoms with Crippen LogP contribution in [0.1, 0.15) is 12.0 Å². The van der Waals surface area contributed by atoms with E-state index in [1.54, 1.807) is 23.1 Å². The monoisotopic (exact) mass is 230 g/mol. The molecule has 1 unspecified atom stereocenters. The Kier molecular flexibility index (Phi) is 2.98. The minimum Gasteiger partial charge on any atom is -0.397 e. The number of nitriles is 1. The van der Waals surface area contributed by atoms with E-state index in [2.05, 4.69) is 0 Å². The van der Waals surface area contributed by atoms with Crippen molar-refractivity contribution < 1.29 is 4.79 Å². The Bertz CT molecular complexity index is 492. The zero-order chi connectivity index (χ0) is 12.4. The van der Waals surface area contributed by atoms with Crippen LogP contribution in [0.5, 0.6) is 0 Å². The predicted molar refractivity (Wildman–Crippen MR) is 65.1 cm³/mol. The van der Waals surface area contributed by atoms with E-state index in [4.69, 9.17) is 16.7 Å². The zero-order valence-electron chi connectivity index (χ0n) is 9.39. The summed E-state index contributed by atoms with van der Waals surface area (Å²) >= 11 is 0. The molecule has 0 aromatic heterocycles. The summed E-state index contributed by atoms with van der Waals surface area (Å²) in [7, 11) is 0. The van der Waals surface area contributed by atoms with Crippen molar-refractivity contribution in [1.82, 2.24) is 0 Å². The molecule has 2 rings (SSSR count). The second-order valence-corrected chi connectivity index (χ2v) is 4.20. The van der Waals surface area contributed by atoms with Gasteiger partial charge in [-0.2, -0.15) is 5.26 Å². The third-order valence-corrected chi connectivity index (χ3v) is 2.99. The lowest BCUT2D eigenvalue weighted by Crippen LogP contribution is -2.26. The van der Waals surface area contributed by atoms with Crippen LogP contribution in [0.2, 0.25) is 0 Å². The number of nitrogens with zero attached hydrogens (tertiary/aromatic N) is 2. The number of nitrogens with two attached hydrogens (primary N) is 2. The fourth-order valence-electron chi connectivity index (χ4n) is 2.02. The van der Waals surface area contributed by atoms with E-state index in [0.717, 1.165) is 0 Å². The topological polar surface area (TPSA) is 96.1 Å². The summed E-state index contributed by atoms with van der Waals surface area (Å²) in [5.74, 6) is 0.190. The van der Waals surface area contributed by atoms with E-state index < -0.39 is 0 Å². The number of nitrogen functional groups attached to an aromatic ring is 1. The number of amides is 1. The second-order valence-electron chi connectivity index (χ2n) is 4.20. The largest absolute Gasteiger partial charge is 0.397 e. The highest BCUT2D eigenvalue weighted by atomic mass is 16.2. The molecule has 88 valence electrons. The first-order valence-corrected chi connectivity index (χ1v) is 5.45. The van der Waals surface area contributed by atoms with E-state index in [1.165, 1.54) is 0 Å². The number of carbonyl (C=O) groups is 1. The van der Waals surface area contributed by atoms with Crippen LogP contribution in [-0.2, 0) is 4.79 Å². The predicted octanol–water partition coefficient (Wildman–Crippen LogP) is 0.452. The molecule has 1 atom stereocenters. The molecule has 0 aliphatic carbocycles. The Hall–Kier alpha value is -2.06. The standard InChI is InChI=1S/C12H14N4O/c13-5-8-1-2-10(15)11(3-8)16-7-9(6-14)4-12(16)17/h1-3,9H,4,6-7,14-15H2. The Morgan fingerprint density at radius 1 is 1.53 bits per heavy atom. The average molecular weight is 230 g/mol. The van der Waals surface area contributed by atoms with Crippen LogP contribution in [0.25, 0.3) is 0 Å². The Morgan fingerprint density at radius 2 is 2.29 bits per heavy atom. The third-order valence-electron chi connectivity index (χ3n) is 2.99. The van der Waals surface area contributed by atoms with Gasteiger partial charge < -0.3 is 16.4 Å². The van der Waals surface area contributed by atoms with Crippen LogP contribution >= 0.6 is 0 Å². The molecular formula is C12H14N4O. The Balaban J connectivity index is 2.34. The lowest BCUT2D eigenvalue weighted by atomic mass is 10.1. The lowest BCUT2D eigenvalue weighted by Gasteiger charge is -2.18. The molecule has 1 heterocycles. The van der Waals surface area contributed by atoms with Gasteiger partial charge in [0.05, 0.1) is 23.0 Å². The maximum absolute atomic E-state index is 11.8. The first-order chi connectivity index (χ1) is 8.15. The van der Waals surface area contributed by atoms with Gasteiger partial charge in [-0.15, -0.1) is 0 Å². The zero-order valence-corrected chi connectivity index (χ0v) is 9.39. The maximum atomic E-state index is 11.8. The number of hydrogen-bond donors (Lipinski definition) is 2. The van der Waals surface area contributed by atoms with Gasteiger partial charge in [0.1, 0.15) is 0 Å². The van der Waals surface area contributed by atoms with Crippen molar-refractivity contribution in [3.63, 3.8) is 0 Å². The van der Waals surface area contributed by atoms with E-state index >= 15 is 0 Å². The highest BCUT2D eigenvalue weighted by molar-refractivity contribution is 5.98. The summed E-state index contributed by atoms with van der Waals surface area (Å²) in [4.78, 5) is 13.4. The summed E-state index contributed by atoms with van der Waals surface area (Å²) in [5, 5.41) is 8.85. The van der Waals surface area contributed by atoms with Crippen LogP contribution in [-0.4, -0.2) is 19.0 Å². The molecule has 0 saturated carbocycles. The Morgan fingerprint density at radius 3 is 2.88 bits per heavy atom. The molecule has 1 aliphatic rings. The molecule has 5 heteroatoms. The van der Waals surface area contributed by atoms with E-state index in [9.17, 15) is 4.79 Å². The van der Waals surface area contributed by atoms with Crippen molar-refractivity contribution >= 4 is 17.3 Å². The van der Waals surface area contributed by atoms with Crippen LogP contribution in [0.3, 0.4) is 0 Å². The number of carbonyl (C=O) groups excluding carboxylic acids is 1. The van der Waals surface area contributed by atoms with Crippen LogP contribution < -0.4 is 16.4 Å². The summed E-state index contributed by atoms with van der Waals surface area (Å²) in [5.41, 5.74) is 13.0. The maximum Gasteiger partial charge on any atom is 0.227 e. The fourth-order valence-corrected chi connectivity index (χ4v) is 2.02. The minimum atomic E-state index is 0.0160. The summed E-state index contributed by atoms with van der Waals surface area (Å²) in [6.45, 7) is 1.06. The fraction of sp³-hybridized carbons (Fsp3) is 0.333. The molecule has 1 aliphatic heterocycles. The van der Waals surface area contributed by atoms with Gasteiger partial charge in [-0.3, -0.25) is 4.79 Å². The first-order valence-electron chi connectivity index (χ1n) is 5.45. The summed E-state index contributed by atoms with van der Waals surface area (Å²) in [6.07, 6.45) is 0.451. The van der Waals surface area contributed by atoms with Crippen molar-refractivity contribution in [1.29, 1.82) is 5.26 Å². The quantitative estimate of drug-likeness (QED) is 0.721. The van der Waals surface area contributed by atoms with Crippen LogP contribution in [0, 0.1) is 17.2 Å². The van der Waals surface area contributed by atoms with E-state index in [-0.39, 0.29) is 11.8 Å². The van der Waals surface area contributed by atoms with Gasteiger partial charge >= 0.3 is 0 Å². The van der Waals surface area contributed by atoms with Gasteiger partial charge in [0, 0.05) is 13.0 Å². The van der Waals surface area contributed by atoms with Gasteiger partial charge in [0.15, 0.2) is 0 Å². The highest BCUT2D eigenvalue weighted by Gasteiger charge is 2.30. The number of anilines is 2. The van der Waals surface area contributed by atoms with Crippen molar-refractivity contribution in [2.24, 2.45) is 11.7 Å². The van der Waals surface area contributed by atoms with Crippen LogP contribution in [0.4, 0.5) is 11.4 Å². The summed E-state index contributed by atoms with van der Waals surface area (Å²) < 4.78 is 0. The van der Waals surface area contributed by atoms with Gasteiger partial charge in [-0.05, 0) is 30.7 Å². The summed E-state index contributed by atoms with van der Waals surface area (Å²) in [6, 6.07) is 6.97. The average Bonchev–Trinajstić information content (AvgIpc) is 2.71. The molecule has 17 heavy (non-hydrogen) atoms. The second kappa shape index (κ2) is 4.44. The molecule has 1 aromatic rings. The Labute approximate surface area is 99.6 Å². The van der Waals surface area contributed by atoms with E-state index in [0.29, 0.717) is 36.4 Å². The number of hydrogen-bond acceptors (Lipinski definition) is 4. The molecule has 1 saturated heterocycles. The number of rotatable bonds is 2. The smallest absolute Gasteiger partial charge is 0.227 e. The molecule has 0 spiro atoms. The van der Waals surface area contributed by atoms with Crippen LogP contribution in [0.15, 0.2) is 18.2 Å². The molecule has 5 nitrogen and oxygen atoms in total. The molecule has 1 amide bonds. The van der Waals surface area contributed by atoms with Crippen molar-refractivity contribution in [3.05, 3.63) is 23.8 Å². The molecule has 1 aromatic carbocycles. The number of benzene rings is 1. The SMILES string of the molecule is N#Cc1ccc(N)c(N2CC(CN)CC2=O)c1. The van der Waals surface area contributed by atoms with Crippen molar-refractivity contribution in [2.75, 3.05) is 23.7 Å². The first kappa shape index (κ1) is 11.4. The molecule has 4 N–H and O–H groups in total. The minimum absolute atomic E-state index is 0.0160. The van der Waals surface area contributed by atoms with Crippen molar-refractivity contribution in [2.45, 2.75) is 6.42 Å². The lowest BCUT2D eigenvalue weighted by molar-refractivity contribution is -0.117. The van der Waals surface area contributed by atoms with Gasteiger partial charge in [-0.1, -0.05) is 0 Å².